The average molecular weight is 375 g/mol. The van der Waals surface area contributed by atoms with E-state index in [4.69, 9.17) is 4.98 Å². The highest BCUT2D eigenvalue weighted by Gasteiger charge is 2.29. The zero-order chi connectivity index (χ0) is 18.6. The van der Waals surface area contributed by atoms with Crippen molar-refractivity contribution in [1.82, 2.24) is 15.3 Å². The number of carbonyl (C=O) groups is 1. The van der Waals surface area contributed by atoms with E-state index in [1.807, 2.05) is 73.7 Å². The maximum atomic E-state index is 12.9. The highest BCUT2D eigenvalue weighted by atomic mass is 32.2. The smallest absolute Gasteiger partial charge is 0.238 e. The number of rotatable bonds is 6. The lowest BCUT2D eigenvalue weighted by molar-refractivity contribution is -0.120. The van der Waals surface area contributed by atoms with Crippen LogP contribution in [0.4, 0.5) is 0 Å². The van der Waals surface area contributed by atoms with Crippen LogP contribution >= 0.6 is 11.8 Å². The minimum atomic E-state index is -0.364. The van der Waals surface area contributed by atoms with E-state index in [0.29, 0.717) is 11.2 Å². The molecule has 0 bridgehead atoms. The maximum absolute atomic E-state index is 12.9. The van der Waals surface area contributed by atoms with E-state index in [9.17, 15) is 4.79 Å². The molecule has 1 aliphatic rings. The summed E-state index contributed by atoms with van der Waals surface area (Å²) in [5.74, 6) is 0.0278. The summed E-state index contributed by atoms with van der Waals surface area (Å²) in [7, 11) is 0. The van der Waals surface area contributed by atoms with Crippen molar-refractivity contribution in [3.8, 4) is 11.3 Å². The fourth-order valence-electron chi connectivity index (χ4n) is 2.86. The van der Waals surface area contributed by atoms with Gasteiger partial charge in [0.2, 0.25) is 5.91 Å². The van der Waals surface area contributed by atoms with Gasteiger partial charge in [-0.15, -0.1) is 0 Å². The molecule has 1 atom stereocenters. The van der Waals surface area contributed by atoms with Crippen LogP contribution in [0.25, 0.3) is 11.3 Å². The summed E-state index contributed by atoms with van der Waals surface area (Å²) in [6, 6.07) is 22.2. The summed E-state index contributed by atoms with van der Waals surface area (Å²) in [5, 5.41) is 3.37. The number of benzene rings is 2. The molecule has 0 radical (unpaired) electrons. The Kier molecular flexibility index (Phi) is 5.21. The van der Waals surface area contributed by atoms with Gasteiger partial charge in [-0.1, -0.05) is 72.4 Å². The topological polar surface area (TPSA) is 54.9 Å². The Morgan fingerprint density at radius 1 is 1.04 bits per heavy atom. The van der Waals surface area contributed by atoms with Gasteiger partial charge in [0.05, 0.1) is 5.69 Å². The fourth-order valence-corrected chi connectivity index (χ4v) is 3.89. The summed E-state index contributed by atoms with van der Waals surface area (Å²) in [5.41, 5.74) is 3.77. The molecule has 4 rings (SSSR count). The highest BCUT2D eigenvalue weighted by Crippen LogP contribution is 2.35. The molecule has 27 heavy (non-hydrogen) atoms. The minimum Gasteiger partial charge on any atom is -0.352 e. The second kappa shape index (κ2) is 7.92. The lowest BCUT2D eigenvalue weighted by atomic mass is 10.1. The molecule has 2 aromatic carbocycles. The molecule has 5 heteroatoms. The lowest BCUT2D eigenvalue weighted by Crippen LogP contribution is -2.29. The van der Waals surface area contributed by atoms with Crippen molar-refractivity contribution in [3.63, 3.8) is 0 Å². The van der Waals surface area contributed by atoms with Gasteiger partial charge in [0.15, 0.2) is 5.16 Å². The lowest BCUT2D eigenvalue weighted by Gasteiger charge is -2.16. The molecular formula is C22H21N3OS. The highest BCUT2D eigenvalue weighted by molar-refractivity contribution is 8.00. The van der Waals surface area contributed by atoms with Gasteiger partial charge in [0.25, 0.3) is 0 Å². The molecule has 1 saturated carbocycles. The third-order valence-electron chi connectivity index (χ3n) is 4.39. The minimum absolute atomic E-state index is 0.0278. The van der Waals surface area contributed by atoms with Gasteiger partial charge in [0, 0.05) is 17.3 Å². The van der Waals surface area contributed by atoms with Gasteiger partial charge < -0.3 is 5.32 Å². The summed E-state index contributed by atoms with van der Waals surface area (Å²) in [6.45, 7) is 1.96. The summed E-state index contributed by atoms with van der Waals surface area (Å²) in [6.07, 6.45) is 2.13. The molecule has 4 nitrogen and oxygen atoms in total. The van der Waals surface area contributed by atoms with Crippen molar-refractivity contribution in [2.24, 2.45) is 0 Å². The molecule has 0 saturated heterocycles. The van der Waals surface area contributed by atoms with Gasteiger partial charge in [-0.25, -0.2) is 9.97 Å². The van der Waals surface area contributed by atoms with E-state index < -0.39 is 0 Å². The number of hydrogen-bond acceptors (Lipinski definition) is 4. The Balaban J connectivity index is 1.64. The second-order valence-electron chi connectivity index (χ2n) is 6.73. The summed E-state index contributed by atoms with van der Waals surface area (Å²) < 4.78 is 0. The van der Waals surface area contributed by atoms with E-state index in [1.54, 1.807) is 0 Å². The van der Waals surface area contributed by atoms with Gasteiger partial charge in [-0.2, -0.15) is 0 Å². The standard InChI is InChI=1S/C22H21N3OS/c1-15-14-19(16-8-4-2-5-9-16)25-22(23-15)27-20(17-10-6-3-7-11-17)21(26)24-18-12-13-18/h2-11,14,18,20H,12-13H2,1H3,(H,24,26). The van der Waals surface area contributed by atoms with Crippen molar-refractivity contribution >= 4 is 17.7 Å². The monoisotopic (exact) mass is 375 g/mol. The molecule has 0 aliphatic heterocycles. The quantitative estimate of drug-likeness (QED) is 0.507. The normalized spacial score (nSPS) is 14.6. The van der Waals surface area contributed by atoms with Crippen molar-refractivity contribution in [2.75, 3.05) is 0 Å². The van der Waals surface area contributed by atoms with Crippen molar-refractivity contribution in [1.29, 1.82) is 0 Å². The molecule has 1 N–H and O–H groups in total. The summed E-state index contributed by atoms with van der Waals surface area (Å²) >= 11 is 1.41. The zero-order valence-corrected chi connectivity index (χ0v) is 15.9. The summed E-state index contributed by atoms with van der Waals surface area (Å²) in [4.78, 5) is 22.1. The number of hydrogen-bond donors (Lipinski definition) is 1. The van der Waals surface area contributed by atoms with Crippen LogP contribution in [0, 0.1) is 6.92 Å². The molecule has 1 amide bonds. The molecule has 1 heterocycles. The van der Waals surface area contributed by atoms with E-state index in [-0.39, 0.29) is 11.2 Å². The first-order valence-electron chi connectivity index (χ1n) is 9.12. The Labute approximate surface area is 163 Å². The predicted molar refractivity (Wildman–Crippen MR) is 108 cm³/mol. The van der Waals surface area contributed by atoms with Crippen LogP contribution in [0.2, 0.25) is 0 Å². The van der Waals surface area contributed by atoms with E-state index >= 15 is 0 Å². The Bertz CT molecular complexity index is 927. The number of aryl methyl sites for hydroxylation is 1. The average Bonchev–Trinajstić information content (AvgIpc) is 3.51. The van der Waals surface area contributed by atoms with Crippen molar-refractivity contribution in [2.45, 2.75) is 36.2 Å². The Hall–Kier alpha value is -2.66. The molecule has 3 aromatic rings. The van der Waals surface area contributed by atoms with Gasteiger partial charge in [0.1, 0.15) is 5.25 Å². The molecule has 1 unspecified atom stereocenters. The van der Waals surface area contributed by atoms with Crippen LogP contribution in [0.3, 0.4) is 0 Å². The number of nitrogens with one attached hydrogen (secondary N) is 1. The van der Waals surface area contributed by atoms with Gasteiger partial charge >= 0.3 is 0 Å². The molecular weight excluding hydrogens is 354 g/mol. The van der Waals surface area contributed by atoms with Crippen LogP contribution in [0.1, 0.15) is 29.3 Å². The molecule has 136 valence electrons. The second-order valence-corrected chi connectivity index (χ2v) is 7.81. The first-order chi connectivity index (χ1) is 13.2. The maximum Gasteiger partial charge on any atom is 0.238 e. The number of nitrogens with zero attached hydrogens (tertiary/aromatic N) is 2. The Morgan fingerprint density at radius 3 is 2.37 bits per heavy atom. The number of thioether (sulfide) groups is 1. The van der Waals surface area contributed by atoms with Crippen molar-refractivity contribution in [3.05, 3.63) is 78.0 Å². The van der Waals surface area contributed by atoms with Crippen LogP contribution in [0.5, 0.6) is 0 Å². The predicted octanol–water partition coefficient (Wildman–Crippen LogP) is 4.56. The zero-order valence-electron chi connectivity index (χ0n) is 15.1. The van der Waals surface area contributed by atoms with Crippen LogP contribution in [0.15, 0.2) is 71.9 Å². The van der Waals surface area contributed by atoms with Gasteiger partial charge in [-0.3, -0.25) is 4.79 Å². The molecule has 0 spiro atoms. The number of amides is 1. The third-order valence-corrected chi connectivity index (χ3v) is 5.51. The molecule has 1 fully saturated rings. The largest absolute Gasteiger partial charge is 0.352 e. The van der Waals surface area contributed by atoms with E-state index in [0.717, 1.165) is 35.4 Å². The van der Waals surface area contributed by atoms with Crippen LogP contribution in [-0.4, -0.2) is 21.9 Å². The third kappa shape index (κ3) is 4.55. The van der Waals surface area contributed by atoms with Gasteiger partial charge in [-0.05, 0) is 31.4 Å². The molecule has 1 aliphatic carbocycles. The number of aromatic nitrogens is 2. The first-order valence-corrected chi connectivity index (χ1v) is 10.00. The number of carbonyl (C=O) groups excluding carboxylic acids is 1. The van der Waals surface area contributed by atoms with E-state index in [1.165, 1.54) is 11.8 Å². The first kappa shape index (κ1) is 17.7. The van der Waals surface area contributed by atoms with E-state index in [2.05, 4.69) is 10.3 Å². The van der Waals surface area contributed by atoms with Crippen LogP contribution < -0.4 is 5.32 Å². The van der Waals surface area contributed by atoms with Crippen molar-refractivity contribution < 1.29 is 4.79 Å². The SMILES string of the molecule is Cc1cc(-c2ccccc2)nc(SC(C(=O)NC2CC2)c2ccccc2)n1. The molecule has 1 aromatic heterocycles. The fraction of sp³-hybridized carbons (Fsp3) is 0.227. The van der Waals surface area contributed by atoms with Crippen LogP contribution in [-0.2, 0) is 4.79 Å². The Morgan fingerprint density at radius 2 is 1.70 bits per heavy atom.